The normalized spacial score (nSPS) is 57.8. The van der Waals surface area contributed by atoms with Crippen LogP contribution in [0.25, 0.3) is 0 Å². The Labute approximate surface area is 419 Å². The number of ether oxygens (including phenoxy) is 10. The lowest BCUT2D eigenvalue weighted by Crippen LogP contribution is -2.68. The molecule has 0 radical (unpaired) electrons. The van der Waals surface area contributed by atoms with Crippen LogP contribution in [0, 0.1) is 52.3 Å². The molecule has 6 saturated heterocycles. The van der Waals surface area contributed by atoms with Crippen LogP contribution in [0.5, 0.6) is 0 Å². The standard InChI is InChI=1S/C50H82O22/c1-20-7-12-50(64-18-20)21(2)32-28(72-50)14-26-24-6-5-22-13-23(8-10-48(22,3)25(24)9-11-49(26,32)4)65-45-40(62)37(59)41(31(17-53)68-45)69-47-43(71-44-38(60)33(55)27(54)19-63-44)42(35(57)30(16-52)67-47)70-46-39(61)36(58)34(56)29(15-51)66-46/h20-47,51-62H,5-19H2,1-4H3. The minimum Gasteiger partial charge on any atom is -0.394 e. The highest BCUT2D eigenvalue weighted by molar-refractivity contribution is 5.15. The van der Waals surface area contributed by atoms with Gasteiger partial charge in [-0.3, -0.25) is 0 Å². The van der Waals surface area contributed by atoms with E-state index >= 15 is 0 Å². The van der Waals surface area contributed by atoms with Crippen molar-refractivity contribution in [1.29, 1.82) is 0 Å². The summed E-state index contributed by atoms with van der Waals surface area (Å²) >= 11 is 0. The molecule has 4 aliphatic carbocycles. The highest BCUT2D eigenvalue weighted by Gasteiger charge is 2.69. The van der Waals surface area contributed by atoms with Crippen LogP contribution in [-0.2, 0) is 47.4 Å². The fourth-order valence-corrected chi connectivity index (χ4v) is 15.9. The van der Waals surface area contributed by atoms with E-state index in [-0.39, 0.29) is 23.0 Å². The van der Waals surface area contributed by atoms with Gasteiger partial charge in [-0.2, -0.15) is 0 Å². The molecule has 22 heteroatoms. The average Bonchev–Trinajstić information content (AvgIpc) is 3.82. The summed E-state index contributed by atoms with van der Waals surface area (Å²) in [4.78, 5) is 0. The van der Waals surface area contributed by atoms with E-state index in [0.29, 0.717) is 47.8 Å². The molecule has 10 aliphatic rings. The minimum absolute atomic E-state index is 0.0931. The van der Waals surface area contributed by atoms with E-state index in [2.05, 4.69) is 27.7 Å². The molecule has 72 heavy (non-hydrogen) atoms. The molecule has 6 heterocycles. The molecular formula is C50H82O22. The Morgan fingerprint density at radius 1 is 0.514 bits per heavy atom. The Morgan fingerprint density at radius 3 is 1.85 bits per heavy atom. The number of hydrogen-bond acceptors (Lipinski definition) is 22. The SMILES string of the molecule is CC1CCC2(OC1)OC1CC3C4CCC5CC(OC6OC(CO)C(OC7OC(CO)C(O)C(OC8OC(CO)C(O)C(O)C8O)C7OC7OCC(O)C(O)C7O)C(O)C6O)CCC5(C)C4CCC3(C)C1C2C. The molecule has 6 aliphatic heterocycles. The Bertz CT molecular complexity index is 1830. The highest BCUT2D eigenvalue weighted by atomic mass is 16.8. The van der Waals surface area contributed by atoms with Gasteiger partial charge in [-0.1, -0.05) is 27.7 Å². The van der Waals surface area contributed by atoms with Gasteiger partial charge in [0.25, 0.3) is 0 Å². The number of rotatable bonds is 11. The molecule has 10 fully saturated rings. The maximum Gasteiger partial charge on any atom is 0.187 e. The molecule has 31 atom stereocenters. The summed E-state index contributed by atoms with van der Waals surface area (Å²) in [5, 5.41) is 129. The summed E-state index contributed by atoms with van der Waals surface area (Å²) in [7, 11) is 0. The van der Waals surface area contributed by atoms with Crippen LogP contribution < -0.4 is 0 Å². The molecule has 22 nitrogen and oxygen atoms in total. The van der Waals surface area contributed by atoms with Gasteiger partial charge in [-0.05, 0) is 104 Å². The molecule has 31 unspecified atom stereocenters. The van der Waals surface area contributed by atoms with Gasteiger partial charge in [0.05, 0.1) is 45.2 Å². The second-order valence-electron chi connectivity index (χ2n) is 23.9. The van der Waals surface area contributed by atoms with E-state index < -0.39 is 149 Å². The molecule has 10 rings (SSSR count). The topological polar surface area (TPSA) is 335 Å². The van der Waals surface area contributed by atoms with Crippen LogP contribution in [0.4, 0.5) is 0 Å². The fourth-order valence-electron chi connectivity index (χ4n) is 15.9. The van der Waals surface area contributed by atoms with Crippen molar-refractivity contribution in [2.24, 2.45) is 52.3 Å². The van der Waals surface area contributed by atoms with Crippen LogP contribution in [0.3, 0.4) is 0 Å². The van der Waals surface area contributed by atoms with Crippen LogP contribution in [-0.4, -0.2) is 229 Å². The number of hydrogen-bond donors (Lipinski definition) is 12. The molecule has 0 bridgehead atoms. The predicted octanol–water partition coefficient (Wildman–Crippen LogP) is -2.27. The van der Waals surface area contributed by atoms with E-state index in [1.54, 1.807) is 0 Å². The highest BCUT2D eigenvalue weighted by Crippen LogP contribution is 2.71. The van der Waals surface area contributed by atoms with Crippen molar-refractivity contribution < 1.29 is 109 Å². The van der Waals surface area contributed by atoms with E-state index in [1.807, 2.05) is 0 Å². The van der Waals surface area contributed by atoms with Gasteiger partial charge in [0.1, 0.15) is 91.6 Å². The zero-order valence-corrected chi connectivity index (χ0v) is 41.7. The van der Waals surface area contributed by atoms with Crippen molar-refractivity contribution in [3.63, 3.8) is 0 Å². The fraction of sp³-hybridized carbons (Fsp3) is 1.00. The van der Waals surface area contributed by atoms with Gasteiger partial charge in [-0.15, -0.1) is 0 Å². The van der Waals surface area contributed by atoms with Gasteiger partial charge in [0.2, 0.25) is 0 Å². The molecule has 12 N–H and O–H groups in total. The second-order valence-corrected chi connectivity index (χ2v) is 23.9. The number of fused-ring (bicyclic) bond motifs is 7. The number of aliphatic hydroxyl groups excluding tert-OH is 12. The lowest BCUT2D eigenvalue weighted by atomic mass is 9.44. The van der Waals surface area contributed by atoms with Crippen LogP contribution in [0.1, 0.15) is 91.9 Å². The van der Waals surface area contributed by atoms with Gasteiger partial charge in [0, 0.05) is 12.3 Å². The third-order valence-electron chi connectivity index (χ3n) is 20.0. The summed E-state index contributed by atoms with van der Waals surface area (Å²) in [6.07, 6.45) is -22.8. The maximum atomic E-state index is 11.8. The van der Waals surface area contributed by atoms with Gasteiger partial charge < -0.3 is 109 Å². The van der Waals surface area contributed by atoms with Crippen molar-refractivity contribution >= 4 is 0 Å². The Hall–Kier alpha value is -0.880. The first-order chi connectivity index (χ1) is 34.3. The lowest BCUT2D eigenvalue weighted by molar-refractivity contribution is -0.403. The Morgan fingerprint density at radius 2 is 1.14 bits per heavy atom. The third kappa shape index (κ3) is 9.26. The predicted molar refractivity (Wildman–Crippen MR) is 242 cm³/mol. The van der Waals surface area contributed by atoms with Crippen LogP contribution >= 0.6 is 0 Å². The molecular weight excluding hydrogens is 953 g/mol. The average molecular weight is 1040 g/mol. The van der Waals surface area contributed by atoms with Crippen LogP contribution in [0.2, 0.25) is 0 Å². The monoisotopic (exact) mass is 1030 g/mol. The third-order valence-corrected chi connectivity index (χ3v) is 20.0. The molecule has 414 valence electrons. The minimum atomic E-state index is -1.98. The van der Waals surface area contributed by atoms with E-state index in [1.165, 1.54) is 12.8 Å². The summed E-state index contributed by atoms with van der Waals surface area (Å²) in [5.41, 5.74) is 0.295. The quantitative estimate of drug-likeness (QED) is 0.0971. The van der Waals surface area contributed by atoms with Gasteiger partial charge >= 0.3 is 0 Å². The van der Waals surface area contributed by atoms with Gasteiger partial charge in [0.15, 0.2) is 30.9 Å². The first kappa shape index (κ1) is 54.5. The Kier molecular flexibility index (Phi) is 15.9. The summed E-state index contributed by atoms with van der Waals surface area (Å²) in [6, 6.07) is 0. The van der Waals surface area contributed by atoms with Crippen molar-refractivity contribution in [3.8, 4) is 0 Å². The first-order valence-electron chi connectivity index (χ1n) is 26.7. The van der Waals surface area contributed by atoms with E-state index in [0.717, 1.165) is 51.6 Å². The molecule has 1 spiro atoms. The van der Waals surface area contributed by atoms with E-state index in [9.17, 15) is 61.3 Å². The molecule has 0 aromatic rings. The van der Waals surface area contributed by atoms with Crippen molar-refractivity contribution in [3.05, 3.63) is 0 Å². The zero-order valence-electron chi connectivity index (χ0n) is 41.7. The Balaban J connectivity index is 0.810. The molecule has 0 aromatic carbocycles. The van der Waals surface area contributed by atoms with Gasteiger partial charge in [-0.25, -0.2) is 0 Å². The van der Waals surface area contributed by atoms with E-state index in [4.69, 9.17) is 47.4 Å². The smallest absolute Gasteiger partial charge is 0.187 e. The lowest BCUT2D eigenvalue weighted by Gasteiger charge is -2.61. The number of aliphatic hydroxyl groups is 12. The summed E-state index contributed by atoms with van der Waals surface area (Å²) in [5.74, 6) is 3.07. The van der Waals surface area contributed by atoms with Crippen molar-refractivity contribution in [2.45, 2.75) is 227 Å². The molecule has 0 amide bonds. The second kappa shape index (κ2) is 21.1. The first-order valence-corrected chi connectivity index (χ1v) is 26.7. The zero-order chi connectivity index (χ0) is 51.3. The maximum absolute atomic E-state index is 11.8. The van der Waals surface area contributed by atoms with Crippen molar-refractivity contribution in [2.75, 3.05) is 33.0 Å². The molecule has 4 saturated carbocycles. The van der Waals surface area contributed by atoms with Crippen LogP contribution in [0.15, 0.2) is 0 Å². The largest absolute Gasteiger partial charge is 0.394 e. The summed E-state index contributed by atoms with van der Waals surface area (Å²) in [6.45, 7) is 7.42. The summed E-state index contributed by atoms with van der Waals surface area (Å²) < 4.78 is 61.4. The van der Waals surface area contributed by atoms with Crippen molar-refractivity contribution in [1.82, 2.24) is 0 Å². The molecule has 0 aromatic heterocycles.